The van der Waals surface area contributed by atoms with E-state index in [2.05, 4.69) is 0 Å². The van der Waals surface area contributed by atoms with Gasteiger partial charge in [0.05, 0.1) is 0 Å². The van der Waals surface area contributed by atoms with Crippen LogP contribution in [-0.4, -0.2) is 13.9 Å². The molecule has 2 rings (SSSR count). The molecule has 0 saturated carbocycles. The molecule has 0 aromatic heterocycles. The molecule has 1 radical (unpaired) electrons. The third-order valence-corrected chi connectivity index (χ3v) is 2.51. The minimum atomic E-state index is 0.245. The summed E-state index contributed by atoms with van der Waals surface area (Å²) in [6, 6.07) is 17.8. The summed E-state index contributed by atoms with van der Waals surface area (Å²) >= 11 is 0. The predicted octanol–water partition coefficient (Wildman–Crippen LogP) is 3.40. The zero-order valence-electron chi connectivity index (χ0n) is 10.9. The van der Waals surface area contributed by atoms with Crippen LogP contribution in [0.3, 0.4) is 0 Å². The van der Waals surface area contributed by atoms with E-state index in [0.717, 1.165) is 16.9 Å². The van der Waals surface area contributed by atoms with Gasteiger partial charge in [-0.2, -0.15) is 0 Å². The monoisotopic (exact) mass is 257 g/mol. The molecule has 0 fully saturated rings. The molecule has 0 unspecified atom stereocenters. The predicted molar refractivity (Wildman–Crippen MR) is 73.6 cm³/mol. The molecule has 2 aromatic carbocycles. The summed E-state index contributed by atoms with van der Waals surface area (Å²) < 4.78 is 15.7. The highest BCUT2D eigenvalue weighted by atomic mass is 16.7. The Balaban J connectivity index is 1.88. The fourth-order valence-corrected chi connectivity index (χ4v) is 1.62. The van der Waals surface area contributed by atoms with Crippen molar-refractivity contribution in [2.24, 2.45) is 0 Å². The molecule has 0 spiro atoms. The summed E-state index contributed by atoms with van der Waals surface area (Å²) in [6.45, 7) is 2.46. The molecule has 0 amide bonds. The van der Waals surface area contributed by atoms with Crippen LogP contribution < -0.4 is 4.74 Å². The second-order valence-corrected chi connectivity index (χ2v) is 4.04. The topological polar surface area (TPSA) is 27.7 Å². The summed E-state index contributed by atoms with van der Waals surface area (Å²) in [5.41, 5.74) is 2.09. The Kier molecular flexibility index (Phi) is 5.41. The van der Waals surface area contributed by atoms with Gasteiger partial charge in [0.25, 0.3) is 0 Å². The first kappa shape index (κ1) is 13.6. The number of methoxy groups -OCH3 is 1. The van der Waals surface area contributed by atoms with Crippen LogP contribution in [0, 0.1) is 6.61 Å². The summed E-state index contributed by atoms with van der Waals surface area (Å²) in [4.78, 5) is 0. The summed E-state index contributed by atoms with van der Waals surface area (Å²) in [6.07, 6.45) is 0. The lowest BCUT2D eigenvalue weighted by Crippen LogP contribution is -1.97. The fourth-order valence-electron chi connectivity index (χ4n) is 1.62. The Bertz CT molecular complexity index is 482. The van der Waals surface area contributed by atoms with Gasteiger partial charge >= 0.3 is 0 Å². The Labute approximate surface area is 113 Å². The van der Waals surface area contributed by atoms with Gasteiger partial charge in [0.2, 0.25) is 0 Å². The lowest BCUT2D eigenvalue weighted by Gasteiger charge is -2.08. The summed E-state index contributed by atoms with van der Waals surface area (Å²) in [5, 5.41) is 0. The quantitative estimate of drug-likeness (QED) is 0.562. The molecule has 3 heteroatoms. The average Bonchev–Trinajstić information content (AvgIpc) is 2.47. The second-order valence-electron chi connectivity index (χ2n) is 4.04. The van der Waals surface area contributed by atoms with Gasteiger partial charge in [0.1, 0.15) is 25.8 Å². The smallest absolute Gasteiger partial charge is 0.147 e. The standard InChI is InChI=1S/C16H17O3/c1-17-13-18-11-15-8-5-9-16(10-15)19-12-14-6-3-2-4-7-14/h2-11H,12-13H2,1H3. The molecule has 0 bridgehead atoms. The van der Waals surface area contributed by atoms with Crippen molar-refractivity contribution in [1.29, 1.82) is 0 Å². The van der Waals surface area contributed by atoms with Gasteiger partial charge < -0.3 is 14.2 Å². The Morgan fingerprint density at radius 3 is 2.63 bits per heavy atom. The molecule has 0 heterocycles. The van der Waals surface area contributed by atoms with E-state index in [4.69, 9.17) is 14.2 Å². The van der Waals surface area contributed by atoms with Gasteiger partial charge in [-0.25, -0.2) is 0 Å². The van der Waals surface area contributed by atoms with E-state index in [0.29, 0.717) is 6.61 Å². The molecule has 3 nitrogen and oxygen atoms in total. The first-order chi connectivity index (χ1) is 9.38. The second kappa shape index (κ2) is 7.56. The highest BCUT2D eigenvalue weighted by Gasteiger charge is 1.99. The fraction of sp³-hybridized carbons (Fsp3) is 0.188. The molecule has 0 aliphatic carbocycles. The van der Waals surface area contributed by atoms with Crippen LogP contribution in [0.25, 0.3) is 0 Å². The average molecular weight is 257 g/mol. The highest BCUT2D eigenvalue weighted by molar-refractivity contribution is 5.31. The Hall–Kier alpha value is -1.84. The van der Waals surface area contributed by atoms with Gasteiger partial charge in [-0.15, -0.1) is 0 Å². The largest absolute Gasteiger partial charge is 0.489 e. The maximum Gasteiger partial charge on any atom is 0.147 e. The van der Waals surface area contributed by atoms with E-state index in [-0.39, 0.29) is 6.79 Å². The van der Waals surface area contributed by atoms with Crippen LogP contribution in [0.2, 0.25) is 0 Å². The number of benzene rings is 2. The van der Waals surface area contributed by atoms with Crippen LogP contribution in [0.5, 0.6) is 5.75 Å². The van der Waals surface area contributed by atoms with Crippen molar-refractivity contribution in [3.63, 3.8) is 0 Å². The minimum Gasteiger partial charge on any atom is -0.489 e. The molecule has 0 atom stereocenters. The van der Waals surface area contributed by atoms with E-state index >= 15 is 0 Å². The van der Waals surface area contributed by atoms with Crippen molar-refractivity contribution in [1.82, 2.24) is 0 Å². The van der Waals surface area contributed by atoms with E-state index in [9.17, 15) is 0 Å². The molecule has 0 aliphatic heterocycles. The maximum atomic E-state index is 5.73. The van der Waals surface area contributed by atoms with Crippen molar-refractivity contribution in [2.75, 3.05) is 13.9 Å². The molecule has 99 valence electrons. The van der Waals surface area contributed by atoms with Gasteiger partial charge in [0, 0.05) is 7.11 Å². The van der Waals surface area contributed by atoms with Crippen molar-refractivity contribution >= 4 is 0 Å². The van der Waals surface area contributed by atoms with Crippen LogP contribution >= 0.6 is 0 Å². The number of rotatable bonds is 7. The zero-order chi connectivity index (χ0) is 13.3. The van der Waals surface area contributed by atoms with Crippen LogP contribution in [0.15, 0.2) is 54.6 Å². The third-order valence-electron chi connectivity index (χ3n) is 2.51. The molecule has 19 heavy (non-hydrogen) atoms. The van der Waals surface area contributed by atoms with E-state index in [1.807, 2.05) is 54.6 Å². The summed E-state index contributed by atoms with van der Waals surface area (Å²) in [5.74, 6) is 0.818. The molecular weight excluding hydrogens is 240 g/mol. The van der Waals surface area contributed by atoms with Gasteiger partial charge in [-0.05, 0) is 23.3 Å². The SMILES string of the molecule is COCO[CH]c1cccc(OCc2ccccc2)c1. The number of hydrogen-bond donors (Lipinski definition) is 0. The Morgan fingerprint density at radius 1 is 1.00 bits per heavy atom. The van der Waals surface area contributed by atoms with Gasteiger partial charge in [0.15, 0.2) is 0 Å². The zero-order valence-corrected chi connectivity index (χ0v) is 10.9. The lowest BCUT2D eigenvalue weighted by atomic mass is 10.2. The van der Waals surface area contributed by atoms with Crippen molar-refractivity contribution in [2.45, 2.75) is 6.61 Å². The number of ether oxygens (including phenoxy) is 3. The van der Waals surface area contributed by atoms with Crippen molar-refractivity contribution in [3.8, 4) is 5.75 Å². The van der Waals surface area contributed by atoms with Crippen molar-refractivity contribution < 1.29 is 14.2 Å². The number of hydrogen-bond acceptors (Lipinski definition) is 3. The van der Waals surface area contributed by atoms with E-state index < -0.39 is 0 Å². The van der Waals surface area contributed by atoms with Crippen molar-refractivity contribution in [3.05, 3.63) is 72.3 Å². The summed E-state index contributed by atoms with van der Waals surface area (Å²) in [7, 11) is 1.59. The highest BCUT2D eigenvalue weighted by Crippen LogP contribution is 2.16. The lowest BCUT2D eigenvalue weighted by molar-refractivity contribution is 0.00458. The van der Waals surface area contributed by atoms with Crippen LogP contribution in [-0.2, 0) is 16.1 Å². The molecule has 0 saturated heterocycles. The molecule has 0 N–H and O–H groups in total. The van der Waals surface area contributed by atoms with E-state index in [1.54, 1.807) is 13.7 Å². The molecule has 0 aliphatic rings. The minimum absolute atomic E-state index is 0.245. The normalized spacial score (nSPS) is 10.4. The molecule has 2 aromatic rings. The van der Waals surface area contributed by atoms with Crippen LogP contribution in [0.4, 0.5) is 0 Å². The molecular formula is C16H17O3. The maximum absolute atomic E-state index is 5.73. The Morgan fingerprint density at radius 2 is 1.84 bits per heavy atom. The van der Waals surface area contributed by atoms with Crippen LogP contribution in [0.1, 0.15) is 11.1 Å². The third kappa shape index (κ3) is 4.73. The van der Waals surface area contributed by atoms with E-state index in [1.165, 1.54) is 0 Å². The first-order valence-electron chi connectivity index (χ1n) is 6.09. The first-order valence-corrected chi connectivity index (χ1v) is 6.09. The van der Waals surface area contributed by atoms with Gasteiger partial charge in [-0.3, -0.25) is 0 Å². The van der Waals surface area contributed by atoms with Gasteiger partial charge in [-0.1, -0.05) is 42.5 Å².